The van der Waals surface area contributed by atoms with Crippen LogP contribution in [-0.2, 0) is 0 Å². The van der Waals surface area contributed by atoms with Crippen molar-refractivity contribution in [3.05, 3.63) is 95.1 Å². The van der Waals surface area contributed by atoms with Crippen molar-refractivity contribution in [3.8, 4) is 0 Å². The lowest BCUT2D eigenvalue weighted by molar-refractivity contribution is 0.101. The Bertz CT molecular complexity index is 947. The van der Waals surface area contributed by atoms with Crippen LogP contribution >= 0.6 is 11.8 Å². The van der Waals surface area contributed by atoms with E-state index in [4.69, 9.17) is 0 Å². The molecule has 3 aromatic rings. The van der Waals surface area contributed by atoms with Gasteiger partial charge in [-0.15, -0.1) is 11.8 Å². The van der Waals surface area contributed by atoms with Gasteiger partial charge in [-0.25, -0.2) is 0 Å². The Morgan fingerprint density at radius 1 is 0.815 bits per heavy atom. The molecule has 0 heterocycles. The van der Waals surface area contributed by atoms with Crippen LogP contribution in [-0.4, -0.2) is 17.4 Å². The van der Waals surface area contributed by atoms with Gasteiger partial charge in [0.15, 0.2) is 5.78 Å². The molecule has 0 saturated heterocycles. The molecule has 0 spiro atoms. The smallest absolute Gasteiger partial charge is 0.255 e. The van der Waals surface area contributed by atoms with Gasteiger partial charge in [-0.1, -0.05) is 42.5 Å². The highest BCUT2D eigenvalue weighted by atomic mass is 32.2. The van der Waals surface area contributed by atoms with Crippen molar-refractivity contribution in [2.45, 2.75) is 18.7 Å². The summed E-state index contributed by atoms with van der Waals surface area (Å²) in [5.41, 5.74) is 4.28. The quantitative estimate of drug-likeness (QED) is 0.455. The topological polar surface area (TPSA) is 46.2 Å². The second-order valence-electron chi connectivity index (χ2n) is 6.44. The number of carbonyl (C=O) groups excluding carboxylic acids is 2. The molecular weight excluding hydrogens is 354 g/mol. The molecule has 3 aromatic carbocycles. The Labute approximate surface area is 163 Å². The average molecular weight is 375 g/mol. The van der Waals surface area contributed by atoms with E-state index in [1.165, 1.54) is 11.8 Å². The largest absolute Gasteiger partial charge is 0.322 e. The summed E-state index contributed by atoms with van der Waals surface area (Å²) < 4.78 is 0. The number of benzene rings is 3. The SMILES string of the molecule is Cc1cc(C)cc(NC(=O)c2cccc(SCC(=O)c3ccccc3)c2)c1. The second-order valence-corrected chi connectivity index (χ2v) is 7.48. The van der Waals surface area contributed by atoms with E-state index in [1.807, 2.05) is 74.5 Å². The molecule has 0 atom stereocenters. The molecule has 0 fully saturated rings. The number of amides is 1. The Morgan fingerprint density at radius 2 is 1.48 bits per heavy atom. The van der Waals surface area contributed by atoms with Gasteiger partial charge in [-0.05, 0) is 55.3 Å². The minimum atomic E-state index is -0.156. The van der Waals surface area contributed by atoms with Gasteiger partial charge in [0.25, 0.3) is 5.91 Å². The van der Waals surface area contributed by atoms with Gasteiger partial charge in [0.05, 0.1) is 5.75 Å². The van der Waals surface area contributed by atoms with Gasteiger partial charge in [-0.3, -0.25) is 9.59 Å². The van der Waals surface area contributed by atoms with Crippen molar-refractivity contribution in [2.75, 3.05) is 11.1 Å². The van der Waals surface area contributed by atoms with E-state index in [-0.39, 0.29) is 11.7 Å². The lowest BCUT2D eigenvalue weighted by Crippen LogP contribution is -2.12. The number of rotatable bonds is 6. The third kappa shape index (κ3) is 5.31. The average Bonchev–Trinajstić information content (AvgIpc) is 2.66. The highest BCUT2D eigenvalue weighted by Crippen LogP contribution is 2.22. The lowest BCUT2D eigenvalue weighted by atomic mass is 10.1. The first-order valence-corrected chi connectivity index (χ1v) is 9.70. The van der Waals surface area contributed by atoms with Crippen molar-refractivity contribution >= 4 is 29.1 Å². The van der Waals surface area contributed by atoms with Gasteiger partial charge < -0.3 is 5.32 Å². The van der Waals surface area contributed by atoms with Crippen LogP contribution in [0.25, 0.3) is 0 Å². The van der Waals surface area contributed by atoms with Gasteiger partial charge >= 0.3 is 0 Å². The Balaban J connectivity index is 1.66. The van der Waals surface area contributed by atoms with Crippen LogP contribution in [0.3, 0.4) is 0 Å². The molecule has 136 valence electrons. The van der Waals surface area contributed by atoms with Crippen molar-refractivity contribution in [3.63, 3.8) is 0 Å². The number of hydrogen-bond donors (Lipinski definition) is 1. The fraction of sp³-hybridized carbons (Fsp3) is 0.130. The zero-order valence-electron chi connectivity index (χ0n) is 15.4. The van der Waals surface area contributed by atoms with Crippen LogP contribution in [0.2, 0.25) is 0 Å². The molecule has 4 heteroatoms. The molecule has 0 unspecified atom stereocenters. The standard InChI is InChI=1S/C23H21NO2S/c1-16-11-17(2)13-20(12-16)24-23(26)19-9-6-10-21(14-19)27-15-22(25)18-7-4-3-5-8-18/h3-14H,15H2,1-2H3,(H,24,26). The number of aryl methyl sites for hydroxylation is 2. The minimum Gasteiger partial charge on any atom is -0.322 e. The molecule has 3 rings (SSSR count). The molecule has 0 aliphatic rings. The summed E-state index contributed by atoms with van der Waals surface area (Å²) in [7, 11) is 0. The molecule has 0 saturated carbocycles. The van der Waals surface area contributed by atoms with Crippen LogP contribution in [0.5, 0.6) is 0 Å². The summed E-state index contributed by atoms with van der Waals surface area (Å²) >= 11 is 1.44. The molecular formula is C23H21NO2S. The van der Waals surface area contributed by atoms with Crippen LogP contribution in [0.1, 0.15) is 31.8 Å². The Kier molecular flexibility index (Phi) is 6.09. The van der Waals surface area contributed by atoms with Crippen molar-refractivity contribution in [1.82, 2.24) is 0 Å². The summed E-state index contributed by atoms with van der Waals surface area (Å²) in [6.07, 6.45) is 0. The first-order chi connectivity index (χ1) is 13.0. The highest BCUT2D eigenvalue weighted by molar-refractivity contribution is 8.00. The Hall–Kier alpha value is -2.85. The maximum absolute atomic E-state index is 12.6. The van der Waals surface area contributed by atoms with Gasteiger partial charge in [-0.2, -0.15) is 0 Å². The zero-order valence-corrected chi connectivity index (χ0v) is 16.2. The molecule has 3 nitrogen and oxygen atoms in total. The normalized spacial score (nSPS) is 10.4. The summed E-state index contributed by atoms with van der Waals surface area (Å²) in [6.45, 7) is 4.01. The third-order valence-corrected chi connectivity index (χ3v) is 5.04. The van der Waals surface area contributed by atoms with E-state index in [9.17, 15) is 9.59 Å². The minimum absolute atomic E-state index is 0.0747. The highest BCUT2D eigenvalue weighted by Gasteiger charge is 2.10. The number of anilines is 1. The number of Topliss-reactive ketones (excluding diaryl/α,β-unsaturated/α-hetero) is 1. The molecule has 1 amide bonds. The Morgan fingerprint density at radius 3 is 2.19 bits per heavy atom. The molecule has 1 N–H and O–H groups in total. The number of hydrogen-bond acceptors (Lipinski definition) is 3. The predicted octanol–water partition coefficient (Wildman–Crippen LogP) is 5.53. The fourth-order valence-corrected chi connectivity index (χ4v) is 3.68. The van der Waals surface area contributed by atoms with Gasteiger partial charge in [0.2, 0.25) is 0 Å². The van der Waals surface area contributed by atoms with Crippen molar-refractivity contribution < 1.29 is 9.59 Å². The monoisotopic (exact) mass is 375 g/mol. The molecule has 0 bridgehead atoms. The second kappa shape index (κ2) is 8.69. The van der Waals surface area contributed by atoms with E-state index < -0.39 is 0 Å². The summed E-state index contributed by atoms with van der Waals surface area (Å²) in [4.78, 5) is 25.7. The summed E-state index contributed by atoms with van der Waals surface area (Å²) in [6, 6.07) is 22.5. The maximum Gasteiger partial charge on any atom is 0.255 e. The molecule has 0 aliphatic heterocycles. The lowest BCUT2D eigenvalue weighted by Gasteiger charge is -2.09. The first-order valence-electron chi connectivity index (χ1n) is 8.72. The molecule has 0 aromatic heterocycles. The number of nitrogens with one attached hydrogen (secondary N) is 1. The van der Waals surface area contributed by atoms with E-state index in [1.54, 1.807) is 6.07 Å². The molecule has 27 heavy (non-hydrogen) atoms. The first kappa shape index (κ1) is 18.9. The van der Waals surface area contributed by atoms with Crippen LogP contribution in [0.15, 0.2) is 77.7 Å². The number of carbonyl (C=O) groups is 2. The fourth-order valence-electron chi connectivity index (χ4n) is 2.83. The third-order valence-electron chi connectivity index (χ3n) is 4.04. The van der Waals surface area contributed by atoms with E-state index in [2.05, 4.69) is 11.4 Å². The van der Waals surface area contributed by atoms with Crippen LogP contribution < -0.4 is 5.32 Å². The summed E-state index contributed by atoms with van der Waals surface area (Å²) in [5, 5.41) is 2.94. The molecule has 0 radical (unpaired) electrons. The van der Waals surface area contributed by atoms with Crippen molar-refractivity contribution in [1.29, 1.82) is 0 Å². The van der Waals surface area contributed by atoms with Crippen LogP contribution in [0, 0.1) is 13.8 Å². The van der Waals surface area contributed by atoms with Crippen LogP contribution in [0.4, 0.5) is 5.69 Å². The van der Waals surface area contributed by atoms with Gasteiger partial charge in [0, 0.05) is 21.7 Å². The van der Waals surface area contributed by atoms with Crippen molar-refractivity contribution in [2.24, 2.45) is 0 Å². The molecule has 0 aliphatic carbocycles. The predicted molar refractivity (Wildman–Crippen MR) is 112 cm³/mol. The van der Waals surface area contributed by atoms with Gasteiger partial charge in [0.1, 0.15) is 0 Å². The maximum atomic E-state index is 12.6. The van der Waals surface area contributed by atoms with E-state index in [0.29, 0.717) is 16.9 Å². The number of thioether (sulfide) groups is 1. The van der Waals surface area contributed by atoms with E-state index in [0.717, 1.165) is 21.7 Å². The zero-order chi connectivity index (χ0) is 19.2. The number of ketones is 1. The van der Waals surface area contributed by atoms with E-state index >= 15 is 0 Å². The summed E-state index contributed by atoms with van der Waals surface area (Å²) in [5.74, 6) is 0.258.